The zero-order chi connectivity index (χ0) is 19.0. The summed E-state index contributed by atoms with van der Waals surface area (Å²) < 4.78 is 0. The molecule has 2 aromatic carbocycles. The fourth-order valence-corrected chi connectivity index (χ4v) is 4.08. The summed E-state index contributed by atoms with van der Waals surface area (Å²) in [6.45, 7) is 1.93. The maximum absolute atomic E-state index is 12.8. The van der Waals surface area contributed by atoms with Gasteiger partial charge in [-0.25, -0.2) is 4.98 Å². The largest absolute Gasteiger partial charge is 0.398 e. The summed E-state index contributed by atoms with van der Waals surface area (Å²) in [7, 11) is 0. The molecule has 0 unspecified atom stereocenters. The molecule has 0 spiro atoms. The van der Waals surface area contributed by atoms with Gasteiger partial charge in [0.15, 0.2) is 0 Å². The molecule has 3 N–H and O–H groups in total. The van der Waals surface area contributed by atoms with Crippen LogP contribution in [0.4, 0.5) is 11.4 Å². The third kappa shape index (κ3) is 3.27. The van der Waals surface area contributed by atoms with Crippen molar-refractivity contribution in [1.82, 2.24) is 4.98 Å². The number of anilines is 2. The molecule has 0 radical (unpaired) electrons. The van der Waals surface area contributed by atoms with Crippen LogP contribution in [-0.2, 0) is 0 Å². The second-order valence-corrected chi connectivity index (χ2v) is 7.60. The quantitative estimate of drug-likeness (QED) is 0.435. The molecular weight excluding hydrogens is 378 g/mol. The fourth-order valence-electron chi connectivity index (χ4n) is 2.95. The van der Waals surface area contributed by atoms with E-state index in [1.54, 1.807) is 6.20 Å². The van der Waals surface area contributed by atoms with E-state index < -0.39 is 0 Å². The Bertz CT molecular complexity index is 1140. The van der Waals surface area contributed by atoms with Crippen LogP contribution in [0.1, 0.15) is 15.2 Å². The molecule has 4 aromatic rings. The van der Waals surface area contributed by atoms with Gasteiger partial charge in [-0.2, -0.15) is 0 Å². The van der Waals surface area contributed by atoms with Gasteiger partial charge in [-0.05, 0) is 36.8 Å². The third-order valence-corrected chi connectivity index (χ3v) is 5.76. The van der Waals surface area contributed by atoms with E-state index in [-0.39, 0.29) is 5.91 Å². The molecule has 2 heterocycles. The van der Waals surface area contributed by atoms with Crippen molar-refractivity contribution in [2.45, 2.75) is 6.92 Å². The molecule has 0 atom stereocenters. The summed E-state index contributed by atoms with van der Waals surface area (Å²) in [4.78, 5) is 18.6. The molecule has 0 saturated heterocycles. The molecule has 6 heteroatoms. The molecule has 2 aromatic heterocycles. The van der Waals surface area contributed by atoms with Crippen molar-refractivity contribution in [2.24, 2.45) is 0 Å². The van der Waals surface area contributed by atoms with Gasteiger partial charge >= 0.3 is 0 Å². The Morgan fingerprint density at radius 3 is 2.74 bits per heavy atom. The Hall–Kier alpha value is -2.89. The standard InChI is InChI=1S/C21H16ClN3OS/c1-12-8-9-16(18(19(12)23)14-6-2-3-7-15(14)22)25-20(26)17-11-13-5-4-10-24-21(13)27-17/h2-11H,23H2,1H3,(H,25,26). The van der Waals surface area contributed by atoms with E-state index >= 15 is 0 Å². The molecule has 1 amide bonds. The number of nitrogens with one attached hydrogen (secondary N) is 1. The number of halogens is 1. The van der Waals surface area contributed by atoms with E-state index in [1.807, 2.05) is 61.5 Å². The lowest BCUT2D eigenvalue weighted by Gasteiger charge is -2.16. The van der Waals surface area contributed by atoms with Gasteiger partial charge in [-0.15, -0.1) is 11.3 Å². The van der Waals surface area contributed by atoms with Gasteiger partial charge in [0.05, 0.1) is 10.6 Å². The van der Waals surface area contributed by atoms with E-state index in [1.165, 1.54) is 11.3 Å². The number of amides is 1. The number of thiophene rings is 1. The number of aromatic nitrogens is 1. The van der Waals surface area contributed by atoms with Gasteiger partial charge in [0.2, 0.25) is 0 Å². The van der Waals surface area contributed by atoms with E-state index in [2.05, 4.69) is 10.3 Å². The monoisotopic (exact) mass is 393 g/mol. The van der Waals surface area contributed by atoms with Gasteiger partial charge in [0, 0.05) is 33.4 Å². The summed E-state index contributed by atoms with van der Waals surface area (Å²) in [6, 6.07) is 16.8. The summed E-state index contributed by atoms with van der Waals surface area (Å²) in [5.41, 5.74) is 10.0. The lowest BCUT2D eigenvalue weighted by Crippen LogP contribution is -2.12. The molecule has 0 aliphatic heterocycles. The fraction of sp³-hybridized carbons (Fsp3) is 0.0476. The van der Waals surface area contributed by atoms with E-state index in [0.717, 1.165) is 26.9 Å². The number of aryl methyl sites for hydroxylation is 1. The minimum atomic E-state index is -0.199. The highest BCUT2D eigenvalue weighted by atomic mass is 35.5. The lowest BCUT2D eigenvalue weighted by atomic mass is 9.98. The van der Waals surface area contributed by atoms with Crippen molar-refractivity contribution in [3.05, 3.63) is 76.3 Å². The first-order valence-corrected chi connectivity index (χ1v) is 9.54. The first-order valence-electron chi connectivity index (χ1n) is 8.34. The van der Waals surface area contributed by atoms with Crippen molar-refractivity contribution in [3.8, 4) is 11.1 Å². The van der Waals surface area contributed by atoms with Gasteiger partial charge < -0.3 is 11.1 Å². The summed E-state index contributed by atoms with van der Waals surface area (Å²) in [6.07, 6.45) is 1.72. The van der Waals surface area contributed by atoms with Crippen LogP contribution in [-0.4, -0.2) is 10.9 Å². The van der Waals surface area contributed by atoms with Gasteiger partial charge in [0.25, 0.3) is 5.91 Å². The number of pyridine rings is 1. The Morgan fingerprint density at radius 1 is 1.15 bits per heavy atom. The highest BCUT2D eigenvalue weighted by Crippen LogP contribution is 2.39. The van der Waals surface area contributed by atoms with Crippen LogP contribution in [0.25, 0.3) is 21.3 Å². The van der Waals surface area contributed by atoms with Crippen LogP contribution in [0.15, 0.2) is 60.8 Å². The van der Waals surface area contributed by atoms with E-state index in [9.17, 15) is 4.79 Å². The molecular formula is C21H16ClN3OS. The van der Waals surface area contributed by atoms with Crippen LogP contribution in [0.2, 0.25) is 5.02 Å². The van der Waals surface area contributed by atoms with Crippen LogP contribution in [0.3, 0.4) is 0 Å². The molecule has 0 aliphatic carbocycles. The van der Waals surface area contributed by atoms with Gasteiger partial charge in [0.1, 0.15) is 4.83 Å². The maximum Gasteiger partial charge on any atom is 0.265 e. The Labute approximate surface area is 165 Å². The van der Waals surface area contributed by atoms with Crippen molar-refractivity contribution >= 4 is 50.4 Å². The molecule has 4 nitrogen and oxygen atoms in total. The topological polar surface area (TPSA) is 68.0 Å². The molecule has 0 saturated carbocycles. The van der Waals surface area contributed by atoms with Crippen molar-refractivity contribution in [2.75, 3.05) is 11.1 Å². The molecule has 0 aliphatic rings. The van der Waals surface area contributed by atoms with Gasteiger partial charge in [-0.1, -0.05) is 41.9 Å². The molecule has 0 fully saturated rings. The van der Waals surface area contributed by atoms with Crippen molar-refractivity contribution in [1.29, 1.82) is 0 Å². The minimum Gasteiger partial charge on any atom is -0.398 e. The Morgan fingerprint density at radius 2 is 1.96 bits per heavy atom. The SMILES string of the molecule is Cc1ccc(NC(=O)c2cc3cccnc3s2)c(-c2ccccc2Cl)c1N. The first-order chi connectivity index (χ1) is 13.0. The Balaban J connectivity index is 1.77. The highest BCUT2D eigenvalue weighted by molar-refractivity contribution is 7.20. The van der Waals surface area contributed by atoms with Crippen LogP contribution >= 0.6 is 22.9 Å². The summed E-state index contributed by atoms with van der Waals surface area (Å²) >= 11 is 7.74. The second-order valence-electron chi connectivity index (χ2n) is 6.16. The first kappa shape index (κ1) is 17.5. The molecule has 4 rings (SSSR count). The van der Waals surface area contributed by atoms with E-state index in [4.69, 9.17) is 17.3 Å². The van der Waals surface area contributed by atoms with Crippen molar-refractivity contribution in [3.63, 3.8) is 0 Å². The van der Waals surface area contributed by atoms with Crippen LogP contribution in [0.5, 0.6) is 0 Å². The zero-order valence-electron chi connectivity index (χ0n) is 14.5. The number of hydrogen-bond donors (Lipinski definition) is 2. The average molecular weight is 394 g/mol. The predicted molar refractivity (Wildman–Crippen MR) is 114 cm³/mol. The Kier molecular flexibility index (Phi) is 4.56. The average Bonchev–Trinajstić information content (AvgIpc) is 3.10. The van der Waals surface area contributed by atoms with Gasteiger partial charge in [-0.3, -0.25) is 4.79 Å². The number of nitrogen functional groups attached to an aromatic ring is 1. The van der Waals surface area contributed by atoms with Crippen LogP contribution < -0.4 is 11.1 Å². The molecule has 134 valence electrons. The molecule has 27 heavy (non-hydrogen) atoms. The predicted octanol–water partition coefficient (Wildman–Crippen LogP) is 5.76. The normalized spacial score (nSPS) is 10.9. The number of carbonyl (C=O) groups excluding carboxylic acids is 1. The number of rotatable bonds is 3. The second kappa shape index (κ2) is 7.02. The highest BCUT2D eigenvalue weighted by Gasteiger charge is 2.17. The van der Waals surface area contributed by atoms with Crippen LogP contribution in [0, 0.1) is 6.92 Å². The smallest absolute Gasteiger partial charge is 0.265 e. The molecule has 0 bridgehead atoms. The minimum absolute atomic E-state index is 0.199. The number of hydrogen-bond acceptors (Lipinski definition) is 4. The number of carbonyl (C=O) groups is 1. The number of nitrogens with two attached hydrogens (primary N) is 1. The zero-order valence-corrected chi connectivity index (χ0v) is 16.1. The maximum atomic E-state index is 12.8. The third-order valence-electron chi connectivity index (χ3n) is 4.37. The number of fused-ring (bicyclic) bond motifs is 1. The summed E-state index contributed by atoms with van der Waals surface area (Å²) in [5.74, 6) is -0.199. The number of benzene rings is 2. The number of nitrogens with zero attached hydrogens (tertiary/aromatic N) is 1. The summed E-state index contributed by atoms with van der Waals surface area (Å²) in [5, 5.41) is 4.51. The van der Waals surface area contributed by atoms with Crippen molar-refractivity contribution < 1.29 is 4.79 Å². The lowest BCUT2D eigenvalue weighted by molar-refractivity contribution is 0.103. The van der Waals surface area contributed by atoms with E-state index in [0.29, 0.717) is 21.3 Å².